The summed E-state index contributed by atoms with van der Waals surface area (Å²) < 4.78 is 27.0. The predicted molar refractivity (Wildman–Crippen MR) is 100 cm³/mol. The maximum absolute atomic E-state index is 13.8. The predicted octanol–water partition coefficient (Wildman–Crippen LogP) is 2.58. The fourth-order valence-electron chi connectivity index (χ4n) is 2.77. The van der Waals surface area contributed by atoms with E-state index < -0.39 is 11.8 Å². The molecule has 7 nitrogen and oxygen atoms in total. The lowest BCUT2D eigenvalue weighted by molar-refractivity contribution is 0.0601. The van der Waals surface area contributed by atoms with E-state index in [0.717, 1.165) is 6.20 Å². The van der Waals surface area contributed by atoms with E-state index in [1.54, 1.807) is 25.3 Å². The second kappa shape index (κ2) is 8.01. The van der Waals surface area contributed by atoms with E-state index >= 15 is 0 Å². The molecule has 0 saturated carbocycles. The minimum atomic E-state index is -0.540. The van der Waals surface area contributed by atoms with Crippen molar-refractivity contribution >= 4 is 32.9 Å². The van der Waals surface area contributed by atoms with Crippen LogP contribution in [0.15, 0.2) is 39.7 Å². The Labute approximate surface area is 162 Å². The molecule has 0 aliphatic rings. The molecule has 2 heterocycles. The van der Waals surface area contributed by atoms with Gasteiger partial charge in [-0.05, 0) is 34.1 Å². The second-order valence-electron chi connectivity index (χ2n) is 5.80. The van der Waals surface area contributed by atoms with Crippen LogP contribution in [0.2, 0.25) is 0 Å². The highest BCUT2D eigenvalue weighted by Crippen LogP contribution is 2.20. The summed E-state index contributed by atoms with van der Waals surface area (Å²) in [7, 11) is 2.89. The molecule has 142 valence electrons. The molecule has 0 aliphatic heterocycles. The van der Waals surface area contributed by atoms with Crippen LogP contribution in [-0.4, -0.2) is 40.9 Å². The van der Waals surface area contributed by atoms with Crippen LogP contribution in [0.4, 0.5) is 4.39 Å². The number of carbonyl (C=O) groups excluding carboxylic acids is 1. The van der Waals surface area contributed by atoms with Crippen molar-refractivity contribution in [2.24, 2.45) is 0 Å². The Bertz CT molecular complexity index is 1060. The van der Waals surface area contributed by atoms with Gasteiger partial charge in [-0.3, -0.25) is 4.79 Å². The molecule has 0 fully saturated rings. The molecule has 0 spiro atoms. The van der Waals surface area contributed by atoms with E-state index in [9.17, 15) is 14.0 Å². The molecular formula is C18H17BrFN3O4. The molecular weight excluding hydrogens is 421 g/mol. The van der Waals surface area contributed by atoms with Gasteiger partial charge in [0.15, 0.2) is 5.82 Å². The third kappa shape index (κ3) is 3.93. The van der Waals surface area contributed by atoms with Gasteiger partial charge in [-0.25, -0.2) is 14.2 Å². The average Bonchev–Trinajstić information content (AvgIpc) is 3.00. The Morgan fingerprint density at radius 2 is 2.07 bits per heavy atom. The van der Waals surface area contributed by atoms with Crippen LogP contribution in [0.1, 0.15) is 16.2 Å². The molecule has 0 atom stereocenters. The number of halogens is 2. The zero-order chi connectivity index (χ0) is 19.6. The summed E-state index contributed by atoms with van der Waals surface area (Å²) in [5.41, 5.74) is 1.39. The van der Waals surface area contributed by atoms with E-state index in [-0.39, 0.29) is 16.6 Å². The molecule has 2 aromatic heterocycles. The highest BCUT2D eigenvalue weighted by Gasteiger charge is 2.15. The van der Waals surface area contributed by atoms with E-state index in [1.165, 1.54) is 17.7 Å². The molecule has 0 aliphatic carbocycles. The quantitative estimate of drug-likeness (QED) is 0.554. The van der Waals surface area contributed by atoms with Gasteiger partial charge in [-0.1, -0.05) is 0 Å². The smallest absolute Gasteiger partial charge is 0.337 e. The zero-order valence-electron chi connectivity index (χ0n) is 14.7. The maximum atomic E-state index is 13.8. The number of carbonyl (C=O) groups is 1. The molecule has 27 heavy (non-hydrogen) atoms. The van der Waals surface area contributed by atoms with Crippen molar-refractivity contribution in [3.05, 3.63) is 62.5 Å². The van der Waals surface area contributed by atoms with Gasteiger partial charge in [0, 0.05) is 25.9 Å². The average molecular weight is 438 g/mol. The fourth-order valence-corrected chi connectivity index (χ4v) is 3.07. The summed E-state index contributed by atoms with van der Waals surface area (Å²) >= 11 is 3.00. The van der Waals surface area contributed by atoms with Crippen LogP contribution in [0.5, 0.6) is 0 Å². The number of hydrogen-bond donors (Lipinski definition) is 0. The molecule has 0 radical (unpaired) electrons. The highest BCUT2D eigenvalue weighted by molar-refractivity contribution is 9.10. The van der Waals surface area contributed by atoms with Gasteiger partial charge in [0.05, 0.1) is 41.3 Å². The molecule has 1 aromatic carbocycles. The molecule has 9 heteroatoms. The topological polar surface area (TPSA) is 75.4 Å². The summed E-state index contributed by atoms with van der Waals surface area (Å²) in [6, 6.07) is 6.18. The number of nitrogens with zero attached hydrogens (tertiary/aromatic N) is 3. The number of imidazole rings is 1. The van der Waals surface area contributed by atoms with Crippen LogP contribution in [-0.2, 0) is 22.6 Å². The summed E-state index contributed by atoms with van der Waals surface area (Å²) in [5.74, 6) is -0.445. The standard InChI is InChI=1S/C18H17BrFN3O4/c1-26-6-5-23-15-7-11(18(25)27-2)3-4-14(15)21-16(23)10-22-9-13(20)12(19)8-17(22)24/h3-4,7-9H,5-6,10H2,1-2H3. The van der Waals surface area contributed by atoms with Gasteiger partial charge in [-0.15, -0.1) is 0 Å². The Hall–Kier alpha value is -2.52. The van der Waals surface area contributed by atoms with Crippen molar-refractivity contribution in [3.63, 3.8) is 0 Å². The Balaban J connectivity index is 2.10. The number of esters is 1. The van der Waals surface area contributed by atoms with Gasteiger partial charge in [0.2, 0.25) is 0 Å². The van der Waals surface area contributed by atoms with Crippen molar-refractivity contribution in [2.75, 3.05) is 20.8 Å². The lowest BCUT2D eigenvalue weighted by Gasteiger charge is -2.11. The first-order valence-corrected chi connectivity index (χ1v) is 8.85. The van der Waals surface area contributed by atoms with E-state index in [1.807, 2.05) is 4.57 Å². The second-order valence-corrected chi connectivity index (χ2v) is 6.66. The molecule has 0 amide bonds. The van der Waals surface area contributed by atoms with Crippen LogP contribution in [0.25, 0.3) is 11.0 Å². The van der Waals surface area contributed by atoms with Crippen molar-refractivity contribution in [2.45, 2.75) is 13.1 Å². The number of ether oxygens (including phenoxy) is 2. The van der Waals surface area contributed by atoms with Crippen LogP contribution in [0.3, 0.4) is 0 Å². The van der Waals surface area contributed by atoms with Crippen molar-refractivity contribution in [1.29, 1.82) is 0 Å². The van der Waals surface area contributed by atoms with Gasteiger partial charge in [-0.2, -0.15) is 0 Å². The molecule has 3 aromatic rings. The number of aromatic nitrogens is 3. The van der Waals surface area contributed by atoms with E-state index in [0.29, 0.717) is 35.6 Å². The lowest BCUT2D eigenvalue weighted by Crippen LogP contribution is -2.22. The number of hydrogen-bond acceptors (Lipinski definition) is 5. The third-order valence-electron chi connectivity index (χ3n) is 4.11. The van der Waals surface area contributed by atoms with Crippen molar-refractivity contribution in [3.8, 4) is 0 Å². The Morgan fingerprint density at radius 3 is 2.78 bits per heavy atom. The lowest BCUT2D eigenvalue weighted by atomic mass is 10.2. The molecule has 0 N–H and O–H groups in total. The van der Waals surface area contributed by atoms with Gasteiger partial charge >= 0.3 is 5.97 Å². The van der Waals surface area contributed by atoms with Crippen LogP contribution < -0.4 is 5.56 Å². The van der Waals surface area contributed by atoms with Crippen molar-refractivity contribution in [1.82, 2.24) is 14.1 Å². The first kappa shape index (κ1) is 19.2. The largest absolute Gasteiger partial charge is 0.465 e. The normalized spacial score (nSPS) is 11.1. The maximum Gasteiger partial charge on any atom is 0.337 e. The molecule has 0 saturated heterocycles. The summed E-state index contributed by atoms with van der Waals surface area (Å²) in [5, 5.41) is 0. The summed E-state index contributed by atoms with van der Waals surface area (Å²) in [4.78, 5) is 28.5. The van der Waals surface area contributed by atoms with Crippen LogP contribution >= 0.6 is 15.9 Å². The molecule has 3 rings (SSSR count). The van der Waals surface area contributed by atoms with Gasteiger partial charge < -0.3 is 18.6 Å². The number of pyridine rings is 1. The first-order chi connectivity index (χ1) is 12.9. The monoisotopic (exact) mass is 437 g/mol. The summed E-state index contributed by atoms with van der Waals surface area (Å²) in [6.45, 7) is 0.945. The summed E-state index contributed by atoms with van der Waals surface area (Å²) in [6.07, 6.45) is 1.13. The third-order valence-corrected chi connectivity index (χ3v) is 4.72. The van der Waals surface area contributed by atoms with E-state index in [4.69, 9.17) is 9.47 Å². The minimum Gasteiger partial charge on any atom is -0.465 e. The van der Waals surface area contributed by atoms with Crippen molar-refractivity contribution < 1.29 is 18.7 Å². The van der Waals surface area contributed by atoms with Gasteiger partial charge in [0.1, 0.15) is 5.82 Å². The number of fused-ring (bicyclic) bond motifs is 1. The first-order valence-electron chi connectivity index (χ1n) is 8.06. The number of benzene rings is 1. The molecule has 0 unspecified atom stereocenters. The Morgan fingerprint density at radius 1 is 1.30 bits per heavy atom. The number of rotatable bonds is 6. The van der Waals surface area contributed by atoms with E-state index in [2.05, 4.69) is 20.9 Å². The fraction of sp³-hybridized carbons (Fsp3) is 0.278. The van der Waals surface area contributed by atoms with Gasteiger partial charge in [0.25, 0.3) is 5.56 Å². The zero-order valence-corrected chi connectivity index (χ0v) is 16.3. The van der Waals surface area contributed by atoms with Crippen LogP contribution in [0, 0.1) is 5.82 Å². The highest BCUT2D eigenvalue weighted by atomic mass is 79.9. The Kier molecular flexibility index (Phi) is 5.71. The minimum absolute atomic E-state index is 0.0784. The molecule has 0 bridgehead atoms. The number of methoxy groups -OCH3 is 2. The SMILES string of the molecule is COCCn1c(Cn2cc(F)c(Br)cc2=O)nc2ccc(C(=O)OC)cc21.